The molecule has 0 atom stereocenters. The lowest BCUT2D eigenvalue weighted by molar-refractivity contribution is -0.134. The third-order valence-corrected chi connectivity index (χ3v) is 4.86. The van der Waals surface area contributed by atoms with Gasteiger partial charge < -0.3 is 19.3 Å². The van der Waals surface area contributed by atoms with Gasteiger partial charge in [0.1, 0.15) is 0 Å². The van der Waals surface area contributed by atoms with E-state index in [0.717, 1.165) is 25.2 Å². The highest BCUT2D eigenvalue weighted by Gasteiger charge is 2.12. The Hall–Kier alpha value is -2.70. The number of hydrogen-bond acceptors (Lipinski definition) is 6. The number of esters is 2. The molecule has 0 unspecified atom stereocenters. The molecule has 0 amide bonds. The van der Waals surface area contributed by atoms with Crippen molar-refractivity contribution < 1.29 is 19.1 Å². The Morgan fingerprint density at radius 2 is 1.23 bits per heavy atom. The van der Waals surface area contributed by atoms with Crippen molar-refractivity contribution in [1.29, 1.82) is 0 Å². The van der Waals surface area contributed by atoms with Gasteiger partial charge in [0, 0.05) is 40.0 Å². The van der Waals surface area contributed by atoms with Crippen LogP contribution in [-0.2, 0) is 22.7 Å². The molecule has 0 heterocycles. The molecule has 2 aromatic carbocycles. The van der Waals surface area contributed by atoms with Gasteiger partial charge in [0.15, 0.2) is 11.5 Å². The SMILES string of the molecule is CC(=O)Oc1ccc(CN(C)CCN(C)Cc2ccc(C)c(C)c2)cc1OC(C)=O. The van der Waals surface area contributed by atoms with Crippen LogP contribution in [0.4, 0.5) is 0 Å². The molecule has 0 bridgehead atoms. The summed E-state index contributed by atoms with van der Waals surface area (Å²) in [5.41, 5.74) is 4.92. The third-order valence-electron chi connectivity index (χ3n) is 4.86. The minimum atomic E-state index is -0.458. The van der Waals surface area contributed by atoms with E-state index in [2.05, 4.69) is 55.9 Å². The Labute approximate surface area is 179 Å². The maximum absolute atomic E-state index is 11.4. The summed E-state index contributed by atoms with van der Waals surface area (Å²) in [6.07, 6.45) is 0. The summed E-state index contributed by atoms with van der Waals surface area (Å²) < 4.78 is 10.3. The maximum Gasteiger partial charge on any atom is 0.308 e. The first kappa shape index (κ1) is 23.6. The number of aryl methyl sites for hydroxylation is 2. The van der Waals surface area contributed by atoms with Gasteiger partial charge in [-0.05, 0) is 62.3 Å². The van der Waals surface area contributed by atoms with Gasteiger partial charge in [0.25, 0.3) is 0 Å². The second kappa shape index (κ2) is 10.9. The van der Waals surface area contributed by atoms with E-state index in [0.29, 0.717) is 6.54 Å². The van der Waals surface area contributed by atoms with E-state index >= 15 is 0 Å². The topological polar surface area (TPSA) is 59.1 Å². The molecule has 0 spiro atoms. The molecule has 0 aliphatic carbocycles. The number of rotatable bonds is 9. The molecule has 162 valence electrons. The zero-order chi connectivity index (χ0) is 22.3. The second-order valence-corrected chi connectivity index (χ2v) is 7.86. The van der Waals surface area contributed by atoms with Crippen LogP contribution in [0.1, 0.15) is 36.1 Å². The fourth-order valence-electron chi connectivity index (χ4n) is 3.15. The quantitative estimate of drug-likeness (QED) is 0.462. The van der Waals surface area contributed by atoms with Crippen molar-refractivity contribution in [1.82, 2.24) is 9.80 Å². The number of ether oxygens (including phenoxy) is 2. The molecule has 6 nitrogen and oxygen atoms in total. The van der Waals surface area contributed by atoms with Gasteiger partial charge in [0.2, 0.25) is 0 Å². The summed E-state index contributed by atoms with van der Waals surface area (Å²) in [6, 6.07) is 11.9. The number of hydrogen-bond donors (Lipinski definition) is 0. The molecule has 6 heteroatoms. The Morgan fingerprint density at radius 1 is 0.733 bits per heavy atom. The lowest BCUT2D eigenvalue weighted by Gasteiger charge is -2.22. The lowest BCUT2D eigenvalue weighted by atomic mass is 10.1. The number of nitrogens with zero attached hydrogens (tertiary/aromatic N) is 2. The molecule has 0 aliphatic rings. The zero-order valence-corrected chi connectivity index (χ0v) is 18.8. The van der Waals surface area contributed by atoms with E-state index in [9.17, 15) is 9.59 Å². The first-order valence-electron chi connectivity index (χ1n) is 10.1. The van der Waals surface area contributed by atoms with Crippen LogP contribution >= 0.6 is 0 Å². The Kier molecular flexibility index (Phi) is 8.57. The van der Waals surface area contributed by atoms with Crippen LogP contribution in [0.5, 0.6) is 11.5 Å². The summed E-state index contributed by atoms with van der Waals surface area (Å²) in [4.78, 5) is 27.1. The van der Waals surface area contributed by atoms with Crippen molar-refractivity contribution >= 4 is 11.9 Å². The second-order valence-electron chi connectivity index (χ2n) is 7.86. The molecule has 0 aromatic heterocycles. The molecule has 0 radical (unpaired) electrons. The highest BCUT2D eigenvalue weighted by atomic mass is 16.6. The standard InChI is InChI=1S/C24H32N2O4/c1-17-7-8-21(13-18(17)2)15-25(5)11-12-26(6)16-22-9-10-23(29-19(3)27)24(14-22)30-20(4)28/h7-10,13-14H,11-12,15-16H2,1-6H3. The monoisotopic (exact) mass is 412 g/mol. The number of carbonyl (C=O) groups is 2. The molecular weight excluding hydrogens is 380 g/mol. The van der Waals surface area contributed by atoms with Gasteiger partial charge in [0.05, 0.1) is 0 Å². The molecule has 0 aliphatic heterocycles. The number of carbonyl (C=O) groups excluding carboxylic acids is 2. The summed E-state index contributed by atoms with van der Waals surface area (Å²) in [5.74, 6) is -0.408. The average molecular weight is 413 g/mol. The molecular formula is C24H32N2O4. The van der Waals surface area contributed by atoms with Crippen LogP contribution < -0.4 is 9.47 Å². The van der Waals surface area contributed by atoms with Crippen molar-refractivity contribution in [3.8, 4) is 11.5 Å². The van der Waals surface area contributed by atoms with Crippen LogP contribution in [0, 0.1) is 13.8 Å². The van der Waals surface area contributed by atoms with E-state index in [-0.39, 0.29) is 11.5 Å². The highest BCUT2D eigenvalue weighted by Crippen LogP contribution is 2.29. The molecule has 0 saturated carbocycles. The van der Waals surface area contributed by atoms with Crippen LogP contribution in [-0.4, -0.2) is 48.9 Å². The smallest absolute Gasteiger partial charge is 0.308 e. The van der Waals surface area contributed by atoms with E-state index < -0.39 is 11.9 Å². The highest BCUT2D eigenvalue weighted by molar-refractivity contribution is 5.73. The maximum atomic E-state index is 11.4. The molecule has 2 rings (SSSR count). The molecule has 30 heavy (non-hydrogen) atoms. The normalized spacial score (nSPS) is 11.1. The molecule has 0 saturated heterocycles. The van der Waals surface area contributed by atoms with E-state index in [1.165, 1.54) is 30.5 Å². The molecule has 2 aromatic rings. The van der Waals surface area contributed by atoms with E-state index in [1.807, 2.05) is 6.07 Å². The summed E-state index contributed by atoms with van der Waals surface area (Å²) in [5, 5.41) is 0. The fraction of sp³-hybridized carbons (Fsp3) is 0.417. The van der Waals surface area contributed by atoms with Gasteiger partial charge in [-0.15, -0.1) is 0 Å². The van der Waals surface area contributed by atoms with Crippen LogP contribution in [0.3, 0.4) is 0 Å². The first-order valence-corrected chi connectivity index (χ1v) is 10.1. The van der Waals surface area contributed by atoms with E-state index in [4.69, 9.17) is 9.47 Å². The predicted molar refractivity (Wildman–Crippen MR) is 118 cm³/mol. The summed E-state index contributed by atoms with van der Waals surface area (Å²) >= 11 is 0. The predicted octanol–water partition coefficient (Wildman–Crippen LogP) is 3.72. The van der Waals surface area contributed by atoms with Gasteiger partial charge in [-0.1, -0.05) is 24.3 Å². The zero-order valence-electron chi connectivity index (χ0n) is 18.8. The minimum absolute atomic E-state index is 0.247. The van der Waals surface area contributed by atoms with Crippen LogP contribution in [0.2, 0.25) is 0 Å². The van der Waals surface area contributed by atoms with Crippen molar-refractivity contribution in [2.75, 3.05) is 27.2 Å². The Bertz CT molecular complexity index is 895. The fourth-order valence-corrected chi connectivity index (χ4v) is 3.15. The largest absolute Gasteiger partial charge is 0.423 e. The van der Waals surface area contributed by atoms with E-state index in [1.54, 1.807) is 12.1 Å². The summed E-state index contributed by atoms with van der Waals surface area (Å²) in [7, 11) is 4.17. The Morgan fingerprint density at radius 3 is 1.77 bits per heavy atom. The van der Waals surface area contributed by atoms with Crippen molar-refractivity contribution in [3.05, 3.63) is 58.7 Å². The first-order chi connectivity index (χ1) is 14.1. The number of likely N-dealkylation sites (N-methyl/N-ethyl adjacent to an activating group) is 2. The number of benzene rings is 2. The van der Waals surface area contributed by atoms with Crippen molar-refractivity contribution in [3.63, 3.8) is 0 Å². The summed E-state index contributed by atoms with van der Waals surface area (Å²) in [6.45, 7) is 10.3. The van der Waals surface area contributed by atoms with Gasteiger partial charge in [-0.3, -0.25) is 9.59 Å². The molecule has 0 fully saturated rings. The molecule has 0 N–H and O–H groups in total. The third kappa shape index (κ3) is 7.61. The average Bonchev–Trinajstić information content (AvgIpc) is 2.64. The van der Waals surface area contributed by atoms with Gasteiger partial charge in [-0.25, -0.2) is 0 Å². The van der Waals surface area contributed by atoms with Crippen molar-refractivity contribution in [2.45, 2.75) is 40.8 Å². The van der Waals surface area contributed by atoms with Crippen molar-refractivity contribution in [2.24, 2.45) is 0 Å². The van der Waals surface area contributed by atoms with Crippen LogP contribution in [0.25, 0.3) is 0 Å². The Balaban J connectivity index is 1.92. The van der Waals surface area contributed by atoms with Gasteiger partial charge >= 0.3 is 11.9 Å². The minimum Gasteiger partial charge on any atom is -0.423 e. The lowest BCUT2D eigenvalue weighted by Crippen LogP contribution is -2.30. The van der Waals surface area contributed by atoms with Gasteiger partial charge in [-0.2, -0.15) is 0 Å². The van der Waals surface area contributed by atoms with Crippen LogP contribution in [0.15, 0.2) is 36.4 Å².